The number of morpholine rings is 1. The standard InChI is InChI=1S/C13H16N4O6/c1-7-5-15(6-8(2)23-7)13(18)10-3-9(16(19)20)4-11(12(10)14)17(21)22/h3-4,7-8H,5-6,14H2,1-2H3. The van der Waals surface area contributed by atoms with E-state index in [2.05, 4.69) is 0 Å². The molecule has 2 unspecified atom stereocenters. The van der Waals surface area contributed by atoms with Crippen LogP contribution in [0.4, 0.5) is 17.1 Å². The molecule has 0 aliphatic carbocycles. The van der Waals surface area contributed by atoms with Crippen LogP contribution in [-0.2, 0) is 4.74 Å². The van der Waals surface area contributed by atoms with E-state index in [-0.39, 0.29) is 36.5 Å². The Morgan fingerprint density at radius 3 is 2.26 bits per heavy atom. The van der Waals surface area contributed by atoms with E-state index >= 15 is 0 Å². The molecule has 10 heteroatoms. The third-order valence-electron chi connectivity index (χ3n) is 3.49. The lowest BCUT2D eigenvalue weighted by Crippen LogP contribution is -2.48. The van der Waals surface area contributed by atoms with Crippen LogP contribution in [0.25, 0.3) is 0 Å². The zero-order valence-corrected chi connectivity index (χ0v) is 12.6. The Morgan fingerprint density at radius 1 is 1.22 bits per heavy atom. The highest BCUT2D eigenvalue weighted by Crippen LogP contribution is 2.32. The summed E-state index contributed by atoms with van der Waals surface area (Å²) in [7, 11) is 0. The molecule has 0 spiro atoms. The smallest absolute Gasteiger partial charge is 0.299 e. The summed E-state index contributed by atoms with van der Waals surface area (Å²) in [5.74, 6) is -0.587. The summed E-state index contributed by atoms with van der Waals surface area (Å²) >= 11 is 0. The molecular weight excluding hydrogens is 308 g/mol. The monoisotopic (exact) mass is 324 g/mol. The molecule has 2 rings (SSSR count). The van der Waals surface area contributed by atoms with Gasteiger partial charge in [-0.3, -0.25) is 25.0 Å². The van der Waals surface area contributed by atoms with E-state index in [9.17, 15) is 25.0 Å². The molecule has 10 nitrogen and oxygen atoms in total. The van der Waals surface area contributed by atoms with Crippen LogP contribution >= 0.6 is 0 Å². The first-order valence-electron chi connectivity index (χ1n) is 6.87. The van der Waals surface area contributed by atoms with Crippen LogP contribution in [0.15, 0.2) is 12.1 Å². The third kappa shape index (κ3) is 3.37. The van der Waals surface area contributed by atoms with Crippen LogP contribution in [-0.4, -0.2) is 46.0 Å². The number of nitrogens with zero attached hydrogens (tertiary/aromatic N) is 3. The minimum Gasteiger partial charge on any atom is -0.392 e. The second-order valence-corrected chi connectivity index (χ2v) is 5.41. The molecule has 1 amide bonds. The van der Waals surface area contributed by atoms with E-state index in [4.69, 9.17) is 10.5 Å². The van der Waals surface area contributed by atoms with E-state index < -0.39 is 27.1 Å². The normalized spacial score (nSPS) is 21.0. The molecule has 2 N–H and O–H groups in total. The van der Waals surface area contributed by atoms with Crippen molar-refractivity contribution >= 4 is 23.0 Å². The van der Waals surface area contributed by atoms with Gasteiger partial charge in [-0.05, 0) is 13.8 Å². The van der Waals surface area contributed by atoms with Crippen molar-refractivity contribution in [2.24, 2.45) is 0 Å². The Balaban J connectivity index is 2.46. The number of rotatable bonds is 3. The number of hydrogen-bond donors (Lipinski definition) is 1. The van der Waals surface area contributed by atoms with Crippen molar-refractivity contribution < 1.29 is 19.4 Å². The molecule has 1 saturated heterocycles. The van der Waals surface area contributed by atoms with Gasteiger partial charge in [0.25, 0.3) is 17.3 Å². The van der Waals surface area contributed by atoms with Gasteiger partial charge in [-0.15, -0.1) is 0 Å². The number of ether oxygens (including phenoxy) is 1. The molecule has 2 atom stereocenters. The second kappa shape index (κ2) is 6.16. The molecule has 1 fully saturated rings. The largest absolute Gasteiger partial charge is 0.392 e. The first-order chi connectivity index (χ1) is 10.7. The average molecular weight is 324 g/mol. The fraction of sp³-hybridized carbons (Fsp3) is 0.462. The number of benzene rings is 1. The maximum atomic E-state index is 12.6. The highest BCUT2D eigenvalue weighted by molar-refractivity contribution is 6.02. The van der Waals surface area contributed by atoms with Gasteiger partial charge in [0.05, 0.1) is 33.7 Å². The average Bonchev–Trinajstić information content (AvgIpc) is 2.45. The van der Waals surface area contributed by atoms with Crippen molar-refractivity contribution in [3.8, 4) is 0 Å². The fourth-order valence-corrected chi connectivity index (χ4v) is 2.57. The zero-order chi connectivity index (χ0) is 17.3. The molecule has 1 heterocycles. The maximum Gasteiger partial charge on any atom is 0.299 e. The lowest BCUT2D eigenvalue weighted by molar-refractivity contribution is -0.393. The number of nitrogens with two attached hydrogens (primary N) is 1. The quantitative estimate of drug-likeness (QED) is 0.502. The van der Waals surface area contributed by atoms with Crippen LogP contribution in [0.5, 0.6) is 0 Å². The van der Waals surface area contributed by atoms with Gasteiger partial charge in [-0.1, -0.05) is 0 Å². The number of carbonyl (C=O) groups is 1. The molecule has 0 aromatic heterocycles. The Labute approximate surface area is 131 Å². The Morgan fingerprint density at radius 2 is 1.78 bits per heavy atom. The molecule has 1 aliphatic rings. The molecule has 23 heavy (non-hydrogen) atoms. The van der Waals surface area contributed by atoms with E-state index in [1.54, 1.807) is 13.8 Å². The highest BCUT2D eigenvalue weighted by atomic mass is 16.6. The van der Waals surface area contributed by atoms with E-state index in [1.807, 2.05) is 0 Å². The number of anilines is 1. The van der Waals surface area contributed by atoms with Gasteiger partial charge < -0.3 is 15.4 Å². The van der Waals surface area contributed by atoms with Crippen LogP contribution in [0.3, 0.4) is 0 Å². The van der Waals surface area contributed by atoms with E-state index in [0.29, 0.717) is 0 Å². The van der Waals surface area contributed by atoms with Crippen molar-refractivity contribution in [3.63, 3.8) is 0 Å². The summed E-state index contributed by atoms with van der Waals surface area (Å²) in [4.78, 5) is 34.3. The first kappa shape index (κ1) is 16.6. The lowest BCUT2D eigenvalue weighted by atomic mass is 10.1. The maximum absolute atomic E-state index is 12.6. The lowest BCUT2D eigenvalue weighted by Gasteiger charge is -2.35. The van der Waals surface area contributed by atoms with Crippen molar-refractivity contribution in [2.75, 3.05) is 18.8 Å². The fourth-order valence-electron chi connectivity index (χ4n) is 2.57. The summed E-state index contributed by atoms with van der Waals surface area (Å²) in [5.41, 5.74) is 3.86. The number of hydrogen-bond acceptors (Lipinski definition) is 7. The summed E-state index contributed by atoms with van der Waals surface area (Å²) < 4.78 is 5.51. The van der Waals surface area contributed by atoms with Gasteiger partial charge in [0, 0.05) is 19.2 Å². The predicted octanol–water partition coefficient (Wildman–Crippen LogP) is 1.33. The molecule has 1 aromatic carbocycles. The Bertz CT molecular complexity index is 667. The van der Waals surface area contributed by atoms with Crippen molar-refractivity contribution in [1.29, 1.82) is 0 Å². The molecular formula is C13H16N4O6. The second-order valence-electron chi connectivity index (χ2n) is 5.41. The van der Waals surface area contributed by atoms with Gasteiger partial charge in [-0.25, -0.2) is 0 Å². The van der Waals surface area contributed by atoms with Crippen LogP contribution in [0, 0.1) is 20.2 Å². The van der Waals surface area contributed by atoms with E-state index in [0.717, 1.165) is 12.1 Å². The van der Waals surface area contributed by atoms with E-state index in [1.165, 1.54) is 4.90 Å². The van der Waals surface area contributed by atoms with Gasteiger partial charge in [0.15, 0.2) is 0 Å². The van der Waals surface area contributed by atoms with Crippen LogP contribution < -0.4 is 5.73 Å². The summed E-state index contributed by atoms with van der Waals surface area (Å²) in [6.07, 6.45) is -0.421. The number of nitrogen functional groups attached to an aromatic ring is 1. The topological polar surface area (TPSA) is 142 Å². The minimum atomic E-state index is -0.844. The summed E-state index contributed by atoms with van der Waals surface area (Å²) in [6, 6.07) is 1.71. The zero-order valence-electron chi connectivity index (χ0n) is 12.6. The molecule has 0 radical (unpaired) electrons. The summed E-state index contributed by atoms with van der Waals surface area (Å²) in [5, 5.41) is 21.9. The molecule has 0 saturated carbocycles. The number of non-ortho nitro benzene ring substituents is 1. The molecule has 0 bridgehead atoms. The first-order valence-corrected chi connectivity index (χ1v) is 6.87. The van der Waals surface area contributed by atoms with Crippen molar-refractivity contribution in [2.45, 2.75) is 26.1 Å². The molecule has 124 valence electrons. The van der Waals surface area contributed by atoms with Crippen molar-refractivity contribution in [3.05, 3.63) is 37.9 Å². The number of amides is 1. The molecule has 1 aromatic rings. The van der Waals surface area contributed by atoms with Gasteiger partial charge in [0.2, 0.25) is 0 Å². The van der Waals surface area contributed by atoms with Gasteiger partial charge in [-0.2, -0.15) is 0 Å². The van der Waals surface area contributed by atoms with Crippen LogP contribution in [0.2, 0.25) is 0 Å². The number of nitro benzene ring substituents is 2. The third-order valence-corrected chi connectivity index (χ3v) is 3.49. The van der Waals surface area contributed by atoms with Gasteiger partial charge in [0.1, 0.15) is 5.69 Å². The number of carbonyl (C=O) groups excluding carboxylic acids is 1. The Hall–Kier alpha value is -2.75. The molecule has 1 aliphatic heterocycles. The minimum absolute atomic E-state index is 0.211. The number of nitro groups is 2. The predicted molar refractivity (Wildman–Crippen MR) is 80.1 cm³/mol. The Kier molecular flexibility index (Phi) is 4.45. The summed E-state index contributed by atoms with van der Waals surface area (Å²) in [6.45, 7) is 4.13. The van der Waals surface area contributed by atoms with Crippen molar-refractivity contribution in [1.82, 2.24) is 4.90 Å². The SMILES string of the molecule is CC1CN(C(=O)c2cc([N+](=O)[O-])cc([N+](=O)[O-])c2N)CC(C)O1. The van der Waals surface area contributed by atoms with Crippen LogP contribution in [0.1, 0.15) is 24.2 Å². The van der Waals surface area contributed by atoms with Gasteiger partial charge >= 0.3 is 0 Å². The highest BCUT2D eigenvalue weighted by Gasteiger charge is 2.31.